The molecule has 0 aliphatic carbocycles. The molecule has 0 fully saturated rings. The normalized spacial score (nSPS) is 10.3. The topological polar surface area (TPSA) is 76.7 Å². The molecular formula is C24H32N2O4. The highest BCUT2D eigenvalue weighted by molar-refractivity contribution is 5.92. The third kappa shape index (κ3) is 8.15. The van der Waals surface area contributed by atoms with Gasteiger partial charge >= 0.3 is 0 Å². The van der Waals surface area contributed by atoms with Crippen LogP contribution in [0.25, 0.3) is 0 Å². The van der Waals surface area contributed by atoms with Crippen molar-refractivity contribution in [1.82, 2.24) is 0 Å². The van der Waals surface area contributed by atoms with E-state index >= 15 is 0 Å². The van der Waals surface area contributed by atoms with Crippen LogP contribution < -0.4 is 20.1 Å². The molecule has 0 spiro atoms. The standard InChI is InChI=1S/C24H32N2O4/c1-29-21-15-11-9-13-19(21)25-23(27)17-7-5-3-4-6-8-18-24(28)26-20-14-10-12-16-22(20)30-2/h9-16H,3-8,17-18H2,1-2H3,(H,25,27)(H,26,28). The lowest BCUT2D eigenvalue weighted by Crippen LogP contribution is -2.12. The quantitative estimate of drug-likeness (QED) is 0.432. The predicted octanol–water partition coefficient (Wildman–Crippen LogP) is 5.40. The molecule has 0 heterocycles. The molecule has 162 valence electrons. The van der Waals surface area contributed by atoms with E-state index in [0.29, 0.717) is 35.7 Å². The van der Waals surface area contributed by atoms with Crippen molar-refractivity contribution in [3.8, 4) is 11.5 Å². The first-order valence-electron chi connectivity index (χ1n) is 10.5. The molecular weight excluding hydrogens is 380 g/mol. The number of hydrogen-bond acceptors (Lipinski definition) is 4. The van der Waals surface area contributed by atoms with Gasteiger partial charge in [-0.25, -0.2) is 0 Å². The number of rotatable bonds is 13. The third-order valence-electron chi connectivity index (χ3n) is 4.82. The average Bonchev–Trinajstić information content (AvgIpc) is 2.76. The van der Waals surface area contributed by atoms with Crippen LogP contribution in [0, 0.1) is 0 Å². The monoisotopic (exact) mass is 412 g/mol. The number of anilines is 2. The first-order chi connectivity index (χ1) is 14.6. The van der Waals surface area contributed by atoms with Gasteiger partial charge in [0.15, 0.2) is 0 Å². The van der Waals surface area contributed by atoms with Gasteiger partial charge in [-0.1, -0.05) is 49.9 Å². The molecule has 6 heteroatoms. The Hall–Kier alpha value is -3.02. The Kier molecular flexibility index (Phi) is 10.3. The van der Waals surface area contributed by atoms with Crippen molar-refractivity contribution in [1.29, 1.82) is 0 Å². The Balaban J connectivity index is 1.52. The number of hydrogen-bond donors (Lipinski definition) is 2. The highest BCUT2D eigenvalue weighted by Crippen LogP contribution is 2.24. The van der Waals surface area contributed by atoms with Crippen LogP contribution in [0.4, 0.5) is 11.4 Å². The van der Waals surface area contributed by atoms with Crippen molar-refractivity contribution in [2.75, 3.05) is 24.9 Å². The summed E-state index contributed by atoms with van der Waals surface area (Å²) in [4.78, 5) is 24.1. The van der Waals surface area contributed by atoms with E-state index in [1.54, 1.807) is 14.2 Å². The average molecular weight is 413 g/mol. The van der Waals surface area contributed by atoms with Gasteiger partial charge in [-0.3, -0.25) is 9.59 Å². The van der Waals surface area contributed by atoms with Crippen molar-refractivity contribution < 1.29 is 19.1 Å². The molecule has 6 nitrogen and oxygen atoms in total. The van der Waals surface area contributed by atoms with Crippen LogP contribution in [-0.2, 0) is 9.59 Å². The van der Waals surface area contributed by atoms with E-state index in [9.17, 15) is 9.59 Å². The molecule has 0 unspecified atom stereocenters. The SMILES string of the molecule is COc1ccccc1NC(=O)CCCCCCCCC(=O)Nc1ccccc1OC. The van der Waals surface area contributed by atoms with Gasteiger partial charge in [0.2, 0.25) is 11.8 Å². The zero-order chi connectivity index (χ0) is 21.6. The summed E-state index contributed by atoms with van der Waals surface area (Å²) in [7, 11) is 3.18. The minimum Gasteiger partial charge on any atom is -0.495 e. The van der Waals surface area contributed by atoms with Crippen molar-refractivity contribution >= 4 is 23.2 Å². The second kappa shape index (κ2) is 13.2. The smallest absolute Gasteiger partial charge is 0.224 e. The molecule has 2 aromatic carbocycles. The summed E-state index contributed by atoms with van der Waals surface area (Å²) in [6, 6.07) is 14.8. The van der Waals surface area contributed by atoms with E-state index < -0.39 is 0 Å². The molecule has 0 aliphatic rings. The summed E-state index contributed by atoms with van der Waals surface area (Å²) >= 11 is 0. The van der Waals surface area contributed by atoms with Gasteiger partial charge in [0, 0.05) is 12.8 Å². The number of amides is 2. The lowest BCUT2D eigenvalue weighted by Gasteiger charge is -2.10. The van der Waals surface area contributed by atoms with Crippen molar-refractivity contribution in [3.05, 3.63) is 48.5 Å². The lowest BCUT2D eigenvalue weighted by molar-refractivity contribution is -0.117. The van der Waals surface area contributed by atoms with Crippen LogP contribution in [0.2, 0.25) is 0 Å². The number of para-hydroxylation sites is 4. The maximum atomic E-state index is 12.1. The zero-order valence-electron chi connectivity index (χ0n) is 17.9. The Morgan fingerprint density at radius 1 is 0.633 bits per heavy atom. The number of benzene rings is 2. The second-order valence-corrected chi connectivity index (χ2v) is 7.12. The Bertz CT molecular complexity index is 740. The minimum absolute atomic E-state index is 0.00695. The van der Waals surface area contributed by atoms with Crippen molar-refractivity contribution in [2.45, 2.75) is 51.4 Å². The molecule has 0 aromatic heterocycles. The summed E-state index contributed by atoms with van der Waals surface area (Å²) in [5.41, 5.74) is 1.41. The highest BCUT2D eigenvalue weighted by atomic mass is 16.5. The summed E-state index contributed by atoms with van der Waals surface area (Å²) < 4.78 is 10.5. The van der Waals surface area contributed by atoms with Gasteiger partial charge in [0.05, 0.1) is 25.6 Å². The number of unbranched alkanes of at least 4 members (excludes halogenated alkanes) is 5. The third-order valence-corrected chi connectivity index (χ3v) is 4.82. The van der Waals surface area contributed by atoms with E-state index in [4.69, 9.17) is 9.47 Å². The van der Waals surface area contributed by atoms with Crippen molar-refractivity contribution in [3.63, 3.8) is 0 Å². The maximum Gasteiger partial charge on any atom is 0.224 e. The molecule has 0 bridgehead atoms. The first kappa shape index (κ1) is 23.3. The molecule has 2 rings (SSSR count). The van der Waals surface area contributed by atoms with Gasteiger partial charge in [-0.2, -0.15) is 0 Å². The Morgan fingerprint density at radius 3 is 1.40 bits per heavy atom. The fourth-order valence-corrected chi connectivity index (χ4v) is 3.20. The van der Waals surface area contributed by atoms with Crippen LogP contribution in [0.3, 0.4) is 0 Å². The molecule has 2 N–H and O–H groups in total. The largest absolute Gasteiger partial charge is 0.495 e. The number of ether oxygens (including phenoxy) is 2. The van der Waals surface area contributed by atoms with Crippen LogP contribution in [-0.4, -0.2) is 26.0 Å². The second-order valence-electron chi connectivity index (χ2n) is 7.12. The summed E-state index contributed by atoms with van der Waals surface area (Å²) in [5, 5.41) is 5.79. The predicted molar refractivity (Wildman–Crippen MR) is 120 cm³/mol. The summed E-state index contributed by atoms with van der Waals surface area (Å²) in [6.07, 6.45) is 6.86. The molecule has 2 aromatic rings. The lowest BCUT2D eigenvalue weighted by atomic mass is 10.1. The van der Waals surface area contributed by atoms with Crippen LogP contribution in [0.1, 0.15) is 51.4 Å². The van der Waals surface area contributed by atoms with E-state index in [2.05, 4.69) is 10.6 Å². The molecule has 0 saturated carbocycles. The molecule has 0 saturated heterocycles. The van der Waals surface area contributed by atoms with Crippen molar-refractivity contribution in [2.24, 2.45) is 0 Å². The van der Waals surface area contributed by atoms with E-state index in [1.165, 1.54) is 0 Å². The van der Waals surface area contributed by atoms with Gasteiger partial charge in [0.1, 0.15) is 11.5 Å². The highest BCUT2D eigenvalue weighted by Gasteiger charge is 2.08. The fourth-order valence-electron chi connectivity index (χ4n) is 3.20. The zero-order valence-corrected chi connectivity index (χ0v) is 17.9. The number of methoxy groups -OCH3 is 2. The van der Waals surface area contributed by atoms with E-state index in [0.717, 1.165) is 38.5 Å². The fraction of sp³-hybridized carbons (Fsp3) is 0.417. The van der Waals surface area contributed by atoms with Crippen LogP contribution >= 0.6 is 0 Å². The maximum absolute atomic E-state index is 12.1. The first-order valence-corrected chi connectivity index (χ1v) is 10.5. The molecule has 0 aliphatic heterocycles. The minimum atomic E-state index is 0.00695. The Labute approximate surface area is 179 Å². The van der Waals surface area contributed by atoms with E-state index in [-0.39, 0.29) is 11.8 Å². The molecule has 0 atom stereocenters. The van der Waals surface area contributed by atoms with Crippen LogP contribution in [0.5, 0.6) is 11.5 Å². The van der Waals surface area contributed by atoms with Gasteiger partial charge < -0.3 is 20.1 Å². The number of nitrogens with one attached hydrogen (secondary N) is 2. The van der Waals surface area contributed by atoms with E-state index in [1.807, 2.05) is 48.5 Å². The molecule has 2 amide bonds. The van der Waals surface area contributed by atoms with Gasteiger partial charge in [0.25, 0.3) is 0 Å². The Morgan fingerprint density at radius 2 is 1.00 bits per heavy atom. The summed E-state index contributed by atoms with van der Waals surface area (Å²) in [6.45, 7) is 0. The van der Waals surface area contributed by atoms with Crippen LogP contribution in [0.15, 0.2) is 48.5 Å². The summed E-state index contributed by atoms with van der Waals surface area (Å²) in [5.74, 6) is 1.35. The number of carbonyl (C=O) groups is 2. The van der Waals surface area contributed by atoms with Gasteiger partial charge in [-0.15, -0.1) is 0 Å². The molecule has 30 heavy (non-hydrogen) atoms. The molecule has 0 radical (unpaired) electrons. The van der Waals surface area contributed by atoms with Gasteiger partial charge in [-0.05, 0) is 37.1 Å². The number of carbonyl (C=O) groups excluding carboxylic acids is 2.